The largest absolute Gasteiger partial charge is 0.436 e. The van der Waals surface area contributed by atoms with Crippen LogP contribution < -0.4 is 10.6 Å². The van der Waals surface area contributed by atoms with E-state index in [1.165, 1.54) is 14.2 Å². The summed E-state index contributed by atoms with van der Waals surface area (Å²) in [5.74, 6) is -0.0201. The molecule has 0 spiro atoms. The molecule has 2 aliphatic rings. The molecule has 4 unspecified atom stereocenters. The standard InChI is InChI=1S/C43H43N5O7/c1-53-37(29-11-5-3-6-12-29)42(51)47-25-9-15-34(47)39(49)45-32-21-17-28(18-22-32)36-27-44-41(55-36)31-19-23-33(24-20-31)46-40(50)35-16-10-26-48(35)43(52)38(54-2)30-13-7-4-8-14-30/h3-8,11-14,17-24,27,34-35,37-38H,9-10,15-16,25-26H2,1-2H3,(H,45,49)(H,46,50). The third-order valence-corrected chi connectivity index (χ3v) is 10.1. The van der Waals surface area contributed by atoms with E-state index in [9.17, 15) is 19.2 Å². The molecule has 0 saturated carbocycles. The first kappa shape index (κ1) is 37.2. The van der Waals surface area contributed by atoms with E-state index < -0.39 is 24.3 Å². The van der Waals surface area contributed by atoms with E-state index in [1.54, 1.807) is 40.3 Å². The molecule has 3 heterocycles. The van der Waals surface area contributed by atoms with Crippen LogP contribution in [0.3, 0.4) is 0 Å². The van der Waals surface area contributed by atoms with E-state index in [1.807, 2.05) is 84.9 Å². The van der Waals surface area contributed by atoms with Gasteiger partial charge in [0.2, 0.25) is 17.7 Å². The Balaban J connectivity index is 0.944. The van der Waals surface area contributed by atoms with Crippen LogP contribution in [0.2, 0.25) is 0 Å². The van der Waals surface area contributed by atoms with Crippen LogP contribution in [0.4, 0.5) is 11.4 Å². The molecule has 2 aliphatic heterocycles. The Labute approximate surface area is 319 Å². The fraction of sp³-hybridized carbons (Fsp3) is 0.279. The topological polar surface area (TPSA) is 143 Å². The Kier molecular flexibility index (Phi) is 11.4. The highest BCUT2D eigenvalue weighted by Gasteiger charge is 2.39. The smallest absolute Gasteiger partial charge is 0.257 e. The molecule has 12 heteroatoms. The molecular formula is C43H43N5O7. The maximum atomic E-state index is 13.4. The Hall–Kier alpha value is -6.11. The number of rotatable bonds is 12. The highest BCUT2D eigenvalue weighted by Crippen LogP contribution is 2.31. The molecule has 12 nitrogen and oxygen atoms in total. The van der Waals surface area contributed by atoms with Gasteiger partial charge < -0.3 is 34.3 Å². The number of nitrogens with one attached hydrogen (secondary N) is 2. The fourth-order valence-corrected chi connectivity index (χ4v) is 7.33. The SMILES string of the molecule is COC(C(=O)N1CCCC1C(=O)Nc1ccc(-c2cnc(-c3ccc(NC(=O)C4CCCN4C(=O)C(OC)c4ccccc4)cc3)o2)cc1)c1ccccc1. The van der Waals surface area contributed by atoms with Crippen LogP contribution in [0.5, 0.6) is 0 Å². The van der Waals surface area contributed by atoms with Gasteiger partial charge in [0.05, 0.1) is 6.20 Å². The molecule has 1 aromatic heterocycles. The second kappa shape index (κ2) is 16.9. The van der Waals surface area contributed by atoms with Crippen molar-refractivity contribution in [1.29, 1.82) is 0 Å². The number of hydrogen-bond donors (Lipinski definition) is 2. The summed E-state index contributed by atoms with van der Waals surface area (Å²) in [6.45, 7) is 0.972. The van der Waals surface area contributed by atoms with E-state index in [0.717, 1.165) is 35.1 Å². The van der Waals surface area contributed by atoms with Gasteiger partial charge in [-0.1, -0.05) is 60.7 Å². The van der Waals surface area contributed by atoms with Crippen molar-refractivity contribution < 1.29 is 33.1 Å². The number of anilines is 2. The van der Waals surface area contributed by atoms with E-state index in [4.69, 9.17) is 13.9 Å². The average molecular weight is 742 g/mol. The molecule has 5 aromatic rings. The minimum atomic E-state index is -0.778. The highest BCUT2D eigenvalue weighted by atomic mass is 16.5. The van der Waals surface area contributed by atoms with Gasteiger partial charge in [0, 0.05) is 49.8 Å². The number of aromatic nitrogens is 1. The zero-order valence-corrected chi connectivity index (χ0v) is 30.7. The highest BCUT2D eigenvalue weighted by molar-refractivity contribution is 5.99. The van der Waals surface area contributed by atoms with Gasteiger partial charge in [0.15, 0.2) is 18.0 Å². The van der Waals surface area contributed by atoms with Gasteiger partial charge in [-0.2, -0.15) is 0 Å². The van der Waals surface area contributed by atoms with Crippen LogP contribution in [0.15, 0.2) is 120 Å². The van der Waals surface area contributed by atoms with Crippen LogP contribution in [0.25, 0.3) is 22.8 Å². The minimum absolute atomic E-state index is 0.230. The molecule has 4 atom stereocenters. The summed E-state index contributed by atoms with van der Waals surface area (Å²) in [6.07, 6.45) is 2.67. The molecule has 55 heavy (non-hydrogen) atoms. The van der Waals surface area contributed by atoms with Crippen molar-refractivity contribution >= 4 is 35.0 Å². The van der Waals surface area contributed by atoms with E-state index >= 15 is 0 Å². The van der Waals surface area contributed by atoms with Gasteiger partial charge in [0.1, 0.15) is 12.1 Å². The van der Waals surface area contributed by atoms with Crippen LogP contribution in [0, 0.1) is 0 Å². The van der Waals surface area contributed by atoms with Crippen LogP contribution >= 0.6 is 0 Å². The number of nitrogens with zero attached hydrogens (tertiary/aromatic N) is 3. The van der Waals surface area contributed by atoms with E-state index in [2.05, 4.69) is 15.6 Å². The summed E-state index contributed by atoms with van der Waals surface area (Å²) in [6, 6.07) is 31.7. The lowest BCUT2D eigenvalue weighted by Gasteiger charge is -2.27. The first-order valence-corrected chi connectivity index (χ1v) is 18.4. The number of oxazole rings is 1. The molecule has 2 saturated heterocycles. The average Bonchev–Trinajstić information content (AvgIpc) is 4.02. The first-order chi connectivity index (χ1) is 26.8. The third-order valence-electron chi connectivity index (χ3n) is 10.1. The second-order valence-electron chi connectivity index (χ2n) is 13.6. The molecule has 0 bridgehead atoms. The van der Waals surface area contributed by atoms with Gasteiger partial charge in [-0.3, -0.25) is 19.2 Å². The first-order valence-electron chi connectivity index (χ1n) is 18.4. The van der Waals surface area contributed by atoms with Crippen LogP contribution in [-0.2, 0) is 28.7 Å². The number of carbonyl (C=O) groups is 4. The summed E-state index contributed by atoms with van der Waals surface area (Å²) < 4.78 is 17.2. The van der Waals surface area contributed by atoms with Crippen molar-refractivity contribution in [2.75, 3.05) is 37.9 Å². The predicted octanol–water partition coefficient (Wildman–Crippen LogP) is 6.64. The number of amides is 4. The van der Waals surface area contributed by atoms with Crippen molar-refractivity contribution in [3.8, 4) is 22.8 Å². The van der Waals surface area contributed by atoms with Crippen molar-refractivity contribution in [3.05, 3.63) is 127 Å². The fourth-order valence-electron chi connectivity index (χ4n) is 7.33. The number of carbonyl (C=O) groups excluding carboxylic acids is 4. The maximum absolute atomic E-state index is 13.4. The van der Waals surface area contributed by atoms with Gasteiger partial charge in [-0.15, -0.1) is 0 Å². The summed E-state index contributed by atoms with van der Waals surface area (Å²) in [4.78, 5) is 61.2. The lowest BCUT2D eigenvalue weighted by atomic mass is 10.1. The molecule has 0 radical (unpaired) electrons. The quantitative estimate of drug-likeness (QED) is 0.145. The zero-order valence-electron chi connectivity index (χ0n) is 30.7. The number of hydrogen-bond acceptors (Lipinski definition) is 8. The number of likely N-dealkylation sites (tertiary alicyclic amines) is 2. The summed E-state index contributed by atoms with van der Waals surface area (Å²) in [5, 5.41) is 5.91. The van der Waals surface area contributed by atoms with Gasteiger partial charge in [0.25, 0.3) is 11.8 Å². The normalized spacial score (nSPS) is 17.8. The minimum Gasteiger partial charge on any atom is -0.436 e. The second-order valence-corrected chi connectivity index (χ2v) is 13.6. The molecule has 2 fully saturated rings. The molecule has 4 aromatic carbocycles. The molecular weight excluding hydrogens is 699 g/mol. The molecule has 282 valence electrons. The Bertz CT molecular complexity index is 1960. The third kappa shape index (κ3) is 8.20. The molecule has 0 aliphatic carbocycles. The van der Waals surface area contributed by atoms with Crippen molar-refractivity contribution in [3.63, 3.8) is 0 Å². The number of methoxy groups -OCH3 is 2. The van der Waals surface area contributed by atoms with Crippen LogP contribution in [-0.4, -0.2) is 77.8 Å². The summed E-state index contributed by atoms with van der Waals surface area (Å²) in [7, 11) is 3.00. The molecule has 4 amide bonds. The van der Waals surface area contributed by atoms with Crippen molar-refractivity contribution in [1.82, 2.24) is 14.8 Å². The Morgan fingerprint density at radius 3 is 1.51 bits per heavy atom. The van der Waals surface area contributed by atoms with Crippen molar-refractivity contribution in [2.24, 2.45) is 0 Å². The van der Waals surface area contributed by atoms with Gasteiger partial charge in [-0.05, 0) is 85.3 Å². The van der Waals surface area contributed by atoms with Crippen molar-refractivity contribution in [2.45, 2.75) is 50.0 Å². The Morgan fingerprint density at radius 2 is 1.07 bits per heavy atom. The molecule has 7 rings (SSSR count). The lowest BCUT2D eigenvalue weighted by Crippen LogP contribution is -2.45. The summed E-state index contributed by atoms with van der Waals surface area (Å²) in [5.41, 5.74) is 4.16. The number of benzene rings is 4. The van der Waals surface area contributed by atoms with E-state index in [-0.39, 0.29) is 23.6 Å². The monoisotopic (exact) mass is 741 g/mol. The predicted molar refractivity (Wildman–Crippen MR) is 206 cm³/mol. The zero-order chi connectivity index (χ0) is 38.3. The Morgan fingerprint density at radius 1 is 0.636 bits per heavy atom. The number of ether oxygens (including phenoxy) is 2. The lowest BCUT2D eigenvalue weighted by molar-refractivity contribution is -0.146. The molecule has 2 N–H and O–H groups in total. The van der Waals surface area contributed by atoms with Gasteiger partial charge in [-0.25, -0.2) is 4.98 Å². The van der Waals surface area contributed by atoms with Gasteiger partial charge >= 0.3 is 0 Å². The maximum Gasteiger partial charge on any atom is 0.257 e. The van der Waals surface area contributed by atoms with Crippen LogP contribution in [0.1, 0.15) is 49.0 Å². The van der Waals surface area contributed by atoms with E-state index in [0.29, 0.717) is 49.0 Å². The summed E-state index contributed by atoms with van der Waals surface area (Å²) >= 11 is 0.